The first-order chi connectivity index (χ1) is 5.52. The number of nitrogens with one attached hydrogen (secondary N) is 1. The Morgan fingerprint density at radius 3 is 2.33 bits per heavy atom. The van der Waals surface area contributed by atoms with Crippen LogP contribution in [0.25, 0.3) is 0 Å². The molecule has 1 N–H and O–H groups in total. The molecule has 1 fully saturated rings. The van der Waals surface area contributed by atoms with E-state index in [0.29, 0.717) is 13.0 Å². The molecule has 1 saturated heterocycles. The van der Waals surface area contributed by atoms with Gasteiger partial charge in [-0.2, -0.15) is 0 Å². The summed E-state index contributed by atoms with van der Waals surface area (Å²) >= 11 is 0. The number of nitrogens with zero attached hydrogens (tertiary/aromatic N) is 1. The average Bonchev–Trinajstić information content (AvgIpc) is 2.29. The van der Waals surface area contributed by atoms with Crippen LogP contribution in [0.5, 0.6) is 0 Å². The van der Waals surface area contributed by atoms with E-state index in [-0.39, 0.29) is 6.04 Å². The summed E-state index contributed by atoms with van der Waals surface area (Å²) in [6, 6.07) is 0.242. The fourth-order valence-corrected chi connectivity index (χ4v) is 1.80. The Kier molecular flexibility index (Phi) is 2.68. The van der Waals surface area contributed by atoms with E-state index in [9.17, 15) is 8.78 Å². The van der Waals surface area contributed by atoms with E-state index in [4.69, 9.17) is 0 Å². The van der Waals surface area contributed by atoms with Crippen molar-refractivity contribution in [3.63, 3.8) is 0 Å². The van der Waals surface area contributed by atoms with Gasteiger partial charge in [-0.3, -0.25) is 0 Å². The van der Waals surface area contributed by atoms with E-state index in [1.54, 1.807) is 7.05 Å². The molecule has 72 valence electrons. The van der Waals surface area contributed by atoms with Crippen molar-refractivity contribution in [1.29, 1.82) is 0 Å². The number of rotatable bonds is 2. The summed E-state index contributed by atoms with van der Waals surface area (Å²) in [6.45, 7) is 2.41. The van der Waals surface area contributed by atoms with E-state index < -0.39 is 12.0 Å². The van der Waals surface area contributed by atoms with Gasteiger partial charge in [0.15, 0.2) is 0 Å². The van der Waals surface area contributed by atoms with Gasteiger partial charge in [0.1, 0.15) is 0 Å². The first-order valence-electron chi connectivity index (χ1n) is 4.19. The third-order valence-electron chi connectivity index (χ3n) is 2.86. The molecular weight excluding hydrogens is 162 g/mol. The van der Waals surface area contributed by atoms with Crippen LogP contribution in [0.1, 0.15) is 13.3 Å². The zero-order chi connectivity index (χ0) is 9.35. The van der Waals surface area contributed by atoms with Crippen LogP contribution in [0.15, 0.2) is 0 Å². The summed E-state index contributed by atoms with van der Waals surface area (Å²) in [5.41, 5.74) is -0.978. The number of halogens is 2. The molecule has 1 rings (SSSR count). The second kappa shape index (κ2) is 3.26. The molecule has 12 heavy (non-hydrogen) atoms. The highest BCUT2D eigenvalue weighted by atomic mass is 19.3. The Morgan fingerprint density at radius 2 is 2.17 bits per heavy atom. The highest BCUT2D eigenvalue weighted by Gasteiger charge is 2.46. The topological polar surface area (TPSA) is 15.3 Å². The smallest absolute Gasteiger partial charge is 0.257 e. The molecule has 1 aliphatic rings. The minimum atomic E-state index is -2.28. The van der Waals surface area contributed by atoms with E-state index in [0.717, 1.165) is 0 Å². The number of hydrogen-bond acceptors (Lipinski definition) is 2. The quantitative estimate of drug-likeness (QED) is 0.676. The molecule has 0 aromatic heterocycles. The Hall–Kier alpha value is -0.220. The highest BCUT2D eigenvalue weighted by molar-refractivity contribution is 5.01. The largest absolute Gasteiger partial charge is 0.308 e. The predicted octanol–water partition coefficient (Wildman–Crippen LogP) is 0.934. The van der Waals surface area contributed by atoms with Gasteiger partial charge in [0.25, 0.3) is 6.43 Å². The molecule has 2 atom stereocenters. The third-order valence-corrected chi connectivity index (χ3v) is 2.86. The molecule has 0 saturated carbocycles. The molecule has 1 heterocycles. The summed E-state index contributed by atoms with van der Waals surface area (Å²) in [7, 11) is 3.49. The van der Waals surface area contributed by atoms with Crippen LogP contribution in [0.2, 0.25) is 0 Å². The predicted molar refractivity (Wildman–Crippen MR) is 44.5 cm³/mol. The van der Waals surface area contributed by atoms with Crippen molar-refractivity contribution in [1.82, 2.24) is 10.2 Å². The molecule has 4 heteroatoms. The van der Waals surface area contributed by atoms with Crippen molar-refractivity contribution in [3.8, 4) is 0 Å². The Morgan fingerprint density at radius 1 is 1.58 bits per heavy atom. The minimum absolute atomic E-state index is 0.242. The van der Waals surface area contributed by atoms with Crippen LogP contribution in [0.4, 0.5) is 8.78 Å². The van der Waals surface area contributed by atoms with E-state index in [2.05, 4.69) is 5.32 Å². The zero-order valence-corrected chi connectivity index (χ0v) is 7.77. The molecule has 0 radical (unpaired) electrons. The minimum Gasteiger partial charge on any atom is -0.308 e. The third kappa shape index (κ3) is 1.45. The molecule has 0 bridgehead atoms. The number of likely N-dealkylation sites (tertiary alicyclic amines) is 1. The molecule has 1 aliphatic heterocycles. The lowest BCUT2D eigenvalue weighted by Crippen LogP contribution is -2.51. The molecule has 0 aliphatic carbocycles. The van der Waals surface area contributed by atoms with Crippen molar-refractivity contribution < 1.29 is 8.78 Å². The van der Waals surface area contributed by atoms with Gasteiger partial charge in [-0.15, -0.1) is 0 Å². The van der Waals surface area contributed by atoms with E-state index in [1.165, 1.54) is 0 Å². The van der Waals surface area contributed by atoms with Gasteiger partial charge < -0.3 is 10.2 Å². The summed E-state index contributed by atoms with van der Waals surface area (Å²) < 4.78 is 25.3. The molecule has 0 amide bonds. The summed E-state index contributed by atoms with van der Waals surface area (Å²) in [5, 5.41) is 2.75. The maximum Gasteiger partial charge on any atom is 0.257 e. The number of likely N-dealkylation sites (N-methyl/N-ethyl adjacent to an activating group) is 2. The standard InChI is InChI=1S/C8H16F2N2/c1-6-4-8(11-2,7(9)10)5-12(6)3/h6-7,11H,4-5H2,1-3H3. The normalized spacial score (nSPS) is 38.0. The fraction of sp³-hybridized carbons (Fsp3) is 1.00. The van der Waals surface area contributed by atoms with E-state index in [1.807, 2.05) is 18.9 Å². The molecule has 0 aromatic carbocycles. The SMILES string of the molecule is CNC1(C(F)F)CC(C)N(C)C1. The van der Waals surface area contributed by atoms with Crippen LogP contribution in [0.3, 0.4) is 0 Å². The Balaban J connectivity index is 2.71. The van der Waals surface area contributed by atoms with Crippen molar-refractivity contribution in [2.24, 2.45) is 0 Å². The lowest BCUT2D eigenvalue weighted by atomic mass is 9.97. The van der Waals surface area contributed by atoms with Crippen LogP contribution >= 0.6 is 0 Å². The fourth-order valence-electron chi connectivity index (χ4n) is 1.80. The molecule has 0 aromatic rings. The monoisotopic (exact) mass is 178 g/mol. The number of alkyl halides is 2. The maximum absolute atomic E-state index is 12.7. The first-order valence-corrected chi connectivity index (χ1v) is 4.19. The molecular formula is C8H16F2N2. The van der Waals surface area contributed by atoms with Crippen molar-refractivity contribution in [2.45, 2.75) is 31.4 Å². The lowest BCUT2D eigenvalue weighted by molar-refractivity contribution is 0.0404. The second-order valence-electron chi connectivity index (χ2n) is 3.68. The van der Waals surface area contributed by atoms with Crippen LogP contribution in [-0.4, -0.2) is 43.5 Å². The van der Waals surface area contributed by atoms with Gasteiger partial charge in [-0.1, -0.05) is 0 Å². The van der Waals surface area contributed by atoms with Crippen LogP contribution in [0, 0.1) is 0 Å². The zero-order valence-electron chi connectivity index (χ0n) is 7.77. The van der Waals surface area contributed by atoms with Gasteiger partial charge in [0.05, 0.1) is 5.54 Å². The Labute approximate surface area is 71.9 Å². The van der Waals surface area contributed by atoms with E-state index >= 15 is 0 Å². The molecule has 0 spiro atoms. The molecule has 2 unspecified atom stereocenters. The van der Waals surface area contributed by atoms with Gasteiger partial charge in [0.2, 0.25) is 0 Å². The van der Waals surface area contributed by atoms with Crippen molar-refractivity contribution in [2.75, 3.05) is 20.6 Å². The van der Waals surface area contributed by atoms with Gasteiger partial charge in [-0.05, 0) is 27.4 Å². The Bertz CT molecular complexity index is 151. The number of hydrogen-bond donors (Lipinski definition) is 1. The van der Waals surface area contributed by atoms with Crippen molar-refractivity contribution >= 4 is 0 Å². The summed E-state index contributed by atoms with van der Waals surface area (Å²) in [6.07, 6.45) is -1.76. The maximum atomic E-state index is 12.7. The average molecular weight is 178 g/mol. The van der Waals surface area contributed by atoms with Crippen LogP contribution < -0.4 is 5.32 Å². The summed E-state index contributed by atoms with van der Waals surface area (Å²) in [4.78, 5) is 1.96. The second-order valence-corrected chi connectivity index (χ2v) is 3.68. The van der Waals surface area contributed by atoms with Crippen molar-refractivity contribution in [3.05, 3.63) is 0 Å². The first kappa shape index (κ1) is 9.86. The van der Waals surface area contributed by atoms with Gasteiger partial charge in [-0.25, -0.2) is 8.78 Å². The highest BCUT2D eigenvalue weighted by Crippen LogP contribution is 2.30. The lowest BCUT2D eigenvalue weighted by Gasteiger charge is -2.27. The molecule has 2 nitrogen and oxygen atoms in total. The van der Waals surface area contributed by atoms with Gasteiger partial charge >= 0.3 is 0 Å². The summed E-state index contributed by atoms with van der Waals surface area (Å²) in [5.74, 6) is 0. The van der Waals surface area contributed by atoms with Crippen LogP contribution in [-0.2, 0) is 0 Å². The van der Waals surface area contributed by atoms with Gasteiger partial charge in [0, 0.05) is 12.6 Å².